The highest BCUT2D eigenvalue weighted by molar-refractivity contribution is 7.14. The minimum absolute atomic E-state index is 0.0663. The minimum atomic E-state index is -0.340. The maximum absolute atomic E-state index is 11.7. The van der Waals surface area contributed by atoms with Crippen LogP contribution in [0, 0.1) is 5.92 Å². The molecule has 1 aromatic heterocycles. The third kappa shape index (κ3) is 4.01. The summed E-state index contributed by atoms with van der Waals surface area (Å²) in [4.78, 5) is 18.0. The molecule has 1 unspecified atom stereocenters. The van der Waals surface area contributed by atoms with Crippen LogP contribution in [0.15, 0.2) is 5.38 Å². The van der Waals surface area contributed by atoms with Crippen LogP contribution >= 0.6 is 11.3 Å². The van der Waals surface area contributed by atoms with Gasteiger partial charge in [0.2, 0.25) is 5.91 Å². The molecule has 0 radical (unpaired) electrons. The van der Waals surface area contributed by atoms with Gasteiger partial charge in [-0.15, -0.1) is 11.3 Å². The van der Waals surface area contributed by atoms with Crippen LogP contribution in [0.3, 0.4) is 0 Å². The Morgan fingerprint density at radius 3 is 2.85 bits per heavy atom. The molecule has 0 aromatic carbocycles. The summed E-state index contributed by atoms with van der Waals surface area (Å²) in [5.41, 5.74) is 0.924. The number of rotatable bonds is 7. The number of hydrogen-bond acceptors (Lipinski definition) is 5. The first-order valence-electron chi connectivity index (χ1n) is 7.12. The molecule has 2 rings (SSSR count). The first-order valence-corrected chi connectivity index (χ1v) is 8.00. The van der Waals surface area contributed by atoms with Gasteiger partial charge in [-0.3, -0.25) is 9.69 Å². The van der Waals surface area contributed by atoms with Gasteiger partial charge in [0.15, 0.2) is 5.13 Å². The molecule has 1 atom stereocenters. The Labute approximate surface area is 124 Å². The van der Waals surface area contributed by atoms with Crippen molar-refractivity contribution in [1.82, 2.24) is 10.3 Å². The van der Waals surface area contributed by atoms with Crippen LogP contribution in [-0.4, -0.2) is 34.7 Å². The number of nitrogens with zero attached hydrogens (tertiary/aromatic N) is 2. The molecule has 0 bridgehead atoms. The fourth-order valence-corrected chi connectivity index (χ4v) is 2.89. The zero-order chi connectivity index (χ0) is 14.7. The SMILES string of the molecule is CC(=O)N(c1nc(CNCC(O)C(C)C)cs1)C1CC1. The molecule has 0 spiro atoms. The second kappa shape index (κ2) is 6.65. The van der Waals surface area contributed by atoms with Crippen molar-refractivity contribution < 1.29 is 9.90 Å². The van der Waals surface area contributed by atoms with E-state index in [4.69, 9.17) is 0 Å². The third-order valence-corrected chi connectivity index (χ3v) is 4.31. The van der Waals surface area contributed by atoms with E-state index in [1.807, 2.05) is 19.2 Å². The largest absolute Gasteiger partial charge is 0.392 e. The van der Waals surface area contributed by atoms with E-state index in [1.165, 1.54) is 11.3 Å². The van der Waals surface area contributed by atoms with Gasteiger partial charge in [0, 0.05) is 31.4 Å². The van der Waals surface area contributed by atoms with Crippen LogP contribution in [-0.2, 0) is 11.3 Å². The molecule has 20 heavy (non-hydrogen) atoms. The highest BCUT2D eigenvalue weighted by atomic mass is 32.1. The zero-order valence-electron chi connectivity index (χ0n) is 12.3. The molecule has 1 saturated carbocycles. The summed E-state index contributed by atoms with van der Waals surface area (Å²) in [6.07, 6.45) is 1.81. The highest BCUT2D eigenvalue weighted by Gasteiger charge is 2.33. The van der Waals surface area contributed by atoms with Gasteiger partial charge in [-0.2, -0.15) is 0 Å². The van der Waals surface area contributed by atoms with Crippen molar-refractivity contribution >= 4 is 22.4 Å². The maximum Gasteiger partial charge on any atom is 0.225 e. The van der Waals surface area contributed by atoms with Gasteiger partial charge < -0.3 is 10.4 Å². The van der Waals surface area contributed by atoms with Gasteiger partial charge in [0.25, 0.3) is 0 Å². The molecular formula is C14H23N3O2S. The lowest BCUT2D eigenvalue weighted by Gasteiger charge is -2.16. The Morgan fingerprint density at radius 2 is 2.30 bits per heavy atom. The maximum atomic E-state index is 11.7. The highest BCUT2D eigenvalue weighted by Crippen LogP contribution is 2.33. The molecule has 1 aliphatic carbocycles. The van der Waals surface area contributed by atoms with Crippen molar-refractivity contribution in [3.05, 3.63) is 11.1 Å². The Kier molecular flexibility index (Phi) is 5.12. The number of nitrogens with one attached hydrogen (secondary N) is 1. The smallest absolute Gasteiger partial charge is 0.225 e. The van der Waals surface area contributed by atoms with Gasteiger partial charge >= 0.3 is 0 Å². The van der Waals surface area contributed by atoms with Gasteiger partial charge in [-0.05, 0) is 18.8 Å². The summed E-state index contributed by atoms with van der Waals surface area (Å²) < 4.78 is 0. The summed E-state index contributed by atoms with van der Waals surface area (Å²) in [5, 5.41) is 15.7. The lowest BCUT2D eigenvalue weighted by atomic mass is 10.1. The summed E-state index contributed by atoms with van der Waals surface area (Å²) in [6, 6.07) is 0.349. The predicted molar refractivity (Wildman–Crippen MR) is 80.8 cm³/mol. The Balaban J connectivity index is 1.87. The molecule has 1 aliphatic rings. The van der Waals surface area contributed by atoms with Crippen molar-refractivity contribution in [2.45, 2.75) is 52.3 Å². The quantitative estimate of drug-likeness (QED) is 0.805. The lowest BCUT2D eigenvalue weighted by Crippen LogP contribution is -2.31. The van der Waals surface area contributed by atoms with Crippen LogP contribution < -0.4 is 10.2 Å². The second-order valence-electron chi connectivity index (χ2n) is 5.68. The number of carbonyl (C=O) groups is 1. The summed E-state index contributed by atoms with van der Waals surface area (Å²) >= 11 is 1.51. The van der Waals surface area contributed by atoms with Crippen molar-refractivity contribution in [1.29, 1.82) is 0 Å². The minimum Gasteiger partial charge on any atom is -0.392 e. The van der Waals surface area contributed by atoms with E-state index >= 15 is 0 Å². The first-order chi connectivity index (χ1) is 9.49. The number of aromatic nitrogens is 1. The van der Waals surface area contributed by atoms with E-state index in [0.29, 0.717) is 19.1 Å². The molecule has 6 heteroatoms. The number of amides is 1. The number of aliphatic hydroxyl groups excluding tert-OH is 1. The van der Waals surface area contributed by atoms with E-state index in [0.717, 1.165) is 23.7 Å². The summed E-state index contributed by atoms with van der Waals surface area (Å²) in [7, 11) is 0. The molecule has 0 saturated heterocycles. The van der Waals surface area contributed by atoms with Gasteiger partial charge in [-0.25, -0.2) is 4.98 Å². The normalized spacial score (nSPS) is 16.4. The Bertz CT molecular complexity index is 457. The molecule has 5 nitrogen and oxygen atoms in total. The Morgan fingerprint density at radius 1 is 1.60 bits per heavy atom. The fraction of sp³-hybridized carbons (Fsp3) is 0.714. The number of aliphatic hydroxyl groups is 1. The van der Waals surface area contributed by atoms with Crippen molar-refractivity contribution in [2.75, 3.05) is 11.4 Å². The average molecular weight is 297 g/mol. The van der Waals surface area contributed by atoms with E-state index in [-0.39, 0.29) is 17.9 Å². The molecule has 112 valence electrons. The van der Waals surface area contributed by atoms with Gasteiger partial charge in [0.1, 0.15) is 0 Å². The topological polar surface area (TPSA) is 65.5 Å². The van der Waals surface area contributed by atoms with Crippen molar-refractivity contribution in [3.63, 3.8) is 0 Å². The van der Waals surface area contributed by atoms with Crippen molar-refractivity contribution in [2.24, 2.45) is 5.92 Å². The molecule has 0 aliphatic heterocycles. The Hall–Kier alpha value is -0.980. The standard InChI is InChI=1S/C14H23N3O2S/c1-9(2)13(19)7-15-6-11-8-20-14(16-11)17(10(3)18)12-4-5-12/h8-9,12-13,15,19H,4-7H2,1-3H3. The summed E-state index contributed by atoms with van der Waals surface area (Å²) in [5.74, 6) is 0.313. The predicted octanol–water partition coefficient (Wildman–Crippen LogP) is 1.76. The van der Waals surface area contributed by atoms with Gasteiger partial charge in [-0.1, -0.05) is 13.8 Å². The van der Waals surface area contributed by atoms with E-state index in [1.54, 1.807) is 11.8 Å². The lowest BCUT2D eigenvalue weighted by molar-refractivity contribution is -0.116. The molecular weight excluding hydrogens is 274 g/mol. The van der Waals surface area contributed by atoms with E-state index in [2.05, 4.69) is 10.3 Å². The number of hydrogen-bond donors (Lipinski definition) is 2. The fourth-order valence-electron chi connectivity index (χ4n) is 1.95. The van der Waals surface area contributed by atoms with Crippen LogP contribution in [0.1, 0.15) is 39.3 Å². The third-order valence-electron chi connectivity index (χ3n) is 3.43. The van der Waals surface area contributed by atoms with Crippen LogP contribution in [0.2, 0.25) is 0 Å². The number of anilines is 1. The molecule has 1 heterocycles. The van der Waals surface area contributed by atoms with Crippen LogP contribution in [0.25, 0.3) is 0 Å². The number of thiazole rings is 1. The zero-order valence-corrected chi connectivity index (χ0v) is 13.1. The first kappa shape index (κ1) is 15.4. The van der Waals surface area contributed by atoms with Crippen LogP contribution in [0.5, 0.6) is 0 Å². The second-order valence-corrected chi connectivity index (χ2v) is 6.52. The summed E-state index contributed by atoms with van der Waals surface area (Å²) in [6.45, 7) is 6.76. The van der Waals surface area contributed by atoms with E-state index < -0.39 is 0 Å². The molecule has 1 fully saturated rings. The molecule has 2 N–H and O–H groups in total. The van der Waals surface area contributed by atoms with E-state index in [9.17, 15) is 9.90 Å². The number of carbonyl (C=O) groups excluding carboxylic acids is 1. The van der Waals surface area contributed by atoms with Crippen molar-refractivity contribution in [3.8, 4) is 0 Å². The van der Waals surface area contributed by atoms with Gasteiger partial charge in [0.05, 0.1) is 11.8 Å². The average Bonchev–Trinajstić information content (AvgIpc) is 3.08. The molecule has 1 aromatic rings. The monoisotopic (exact) mass is 297 g/mol. The molecule has 1 amide bonds. The van der Waals surface area contributed by atoms with Crippen LogP contribution in [0.4, 0.5) is 5.13 Å².